The van der Waals surface area contributed by atoms with Gasteiger partial charge in [-0.15, -0.1) is 0 Å². The van der Waals surface area contributed by atoms with Crippen molar-refractivity contribution in [3.05, 3.63) is 35.4 Å². The van der Waals surface area contributed by atoms with E-state index < -0.39 is 5.97 Å². The molecule has 0 saturated carbocycles. The third-order valence-electron chi connectivity index (χ3n) is 2.97. The van der Waals surface area contributed by atoms with Crippen LogP contribution in [-0.4, -0.2) is 30.8 Å². The third kappa shape index (κ3) is 7.92. The molecule has 0 aliphatic carbocycles. The molecule has 0 radical (unpaired) electrons. The van der Waals surface area contributed by atoms with Gasteiger partial charge in [-0.05, 0) is 23.5 Å². The second-order valence-electron chi connectivity index (χ2n) is 5.36. The smallest absolute Gasteiger partial charge is 0.307 e. The maximum absolute atomic E-state index is 10.6. The summed E-state index contributed by atoms with van der Waals surface area (Å²) in [5.74, 6) is -0.110. The molecule has 0 fully saturated rings. The average Bonchev–Trinajstić information content (AvgIpc) is 2.38. The quantitative estimate of drug-likeness (QED) is 0.646. The Bertz CT molecular complexity index is 387. The highest BCUT2D eigenvalue weighted by molar-refractivity contribution is 5.70. The summed E-state index contributed by atoms with van der Waals surface area (Å²) in [7, 11) is 0. The maximum Gasteiger partial charge on any atom is 0.307 e. The molecule has 1 aromatic rings. The number of hydrogen-bond donors (Lipinski definition) is 2. The summed E-state index contributed by atoms with van der Waals surface area (Å²) < 4.78 is 5.52. The summed E-state index contributed by atoms with van der Waals surface area (Å²) in [5.41, 5.74) is 1.99. The molecular formula is C16H25NO3. The zero-order valence-corrected chi connectivity index (χ0v) is 12.4. The fourth-order valence-corrected chi connectivity index (χ4v) is 1.75. The first-order valence-electron chi connectivity index (χ1n) is 7.16. The monoisotopic (exact) mass is 279 g/mol. The number of ether oxygens (including phenoxy) is 1. The molecular weight excluding hydrogens is 254 g/mol. The van der Waals surface area contributed by atoms with Gasteiger partial charge in [-0.3, -0.25) is 4.79 Å². The lowest BCUT2D eigenvalue weighted by atomic mass is 10.1. The van der Waals surface area contributed by atoms with E-state index in [0.29, 0.717) is 5.92 Å². The molecule has 0 aliphatic heterocycles. The second kappa shape index (κ2) is 9.50. The summed E-state index contributed by atoms with van der Waals surface area (Å²) >= 11 is 0. The van der Waals surface area contributed by atoms with Crippen molar-refractivity contribution in [2.24, 2.45) is 5.92 Å². The predicted molar refractivity (Wildman–Crippen MR) is 79.8 cm³/mol. The fourth-order valence-electron chi connectivity index (χ4n) is 1.75. The van der Waals surface area contributed by atoms with Gasteiger partial charge in [-0.1, -0.05) is 38.1 Å². The van der Waals surface area contributed by atoms with Gasteiger partial charge >= 0.3 is 5.97 Å². The van der Waals surface area contributed by atoms with Crippen LogP contribution in [0.5, 0.6) is 0 Å². The minimum atomic E-state index is -0.797. The van der Waals surface area contributed by atoms with Gasteiger partial charge < -0.3 is 15.2 Å². The van der Waals surface area contributed by atoms with Crippen LogP contribution < -0.4 is 5.32 Å². The summed E-state index contributed by atoms with van der Waals surface area (Å²) in [6.45, 7) is 7.54. The first kappa shape index (κ1) is 16.7. The number of carbonyl (C=O) groups is 1. The lowest BCUT2D eigenvalue weighted by molar-refractivity contribution is -0.136. The van der Waals surface area contributed by atoms with Gasteiger partial charge in [0.15, 0.2) is 0 Å². The molecule has 0 bridgehead atoms. The van der Waals surface area contributed by atoms with Crippen molar-refractivity contribution < 1.29 is 14.6 Å². The normalized spacial score (nSPS) is 10.9. The molecule has 0 heterocycles. The van der Waals surface area contributed by atoms with E-state index in [9.17, 15) is 4.79 Å². The topological polar surface area (TPSA) is 58.6 Å². The Morgan fingerprint density at radius 1 is 1.20 bits per heavy atom. The molecule has 1 rings (SSSR count). The van der Waals surface area contributed by atoms with Crippen molar-refractivity contribution in [2.45, 2.75) is 33.2 Å². The molecule has 2 N–H and O–H groups in total. The largest absolute Gasteiger partial charge is 0.481 e. The molecule has 20 heavy (non-hydrogen) atoms. The van der Waals surface area contributed by atoms with Crippen LogP contribution in [-0.2, 0) is 22.5 Å². The Hall–Kier alpha value is -1.39. The summed E-state index contributed by atoms with van der Waals surface area (Å²) in [5, 5.41) is 12.0. The van der Waals surface area contributed by atoms with Crippen LogP contribution in [0.15, 0.2) is 24.3 Å². The molecule has 4 nitrogen and oxygen atoms in total. The van der Waals surface area contributed by atoms with E-state index in [4.69, 9.17) is 9.84 Å². The number of aliphatic carboxylic acids is 1. The van der Waals surface area contributed by atoms with Crippen LogP contribution in [0.25, 0.3) is 0 Å². The summed E-state index contributed by atoms with van der Waals surface area (Å²) in [6, 6.07) is 7.66. The molecule has 0 unspecified atom stereocenters. The zero-order valence-electron chi connectivity index (χ0n) is 12.4. The molecule has 0 aromatic heterocycles. The SMILES string of the molecule is CC(C)CCOCCNCc1ccc(CC(=O)O)cc1. The van der Waals surface area contributed by atoms with Crippen LogP contribution in [0.3, 0.4) is 0 Å². The Morgan fingerprint density at radius 2 is 1.85 bits per heavy atom. The average molecular weight is 279 g/mol. The standard InChI is InChI=1S/C16H25NO3/c1-13(2)7-9-20-10-8-17-12-15-5-3-14(4-6-15)11-16(18)19/h3-6,13,17H,7-12H2,1-2H3,(H,18,19). The number of carboxylic acid groups (broad SMARTS) is 1. The van der Waals surface area contributed by atoms with E-state index in [2.05, 4.69) is 19.2 Å². The van der Waals surface area contributed by atoms with E-state index in [1.54, 1.807) is 0 Å². The van der Waals surface area contributed by atoms with Gasteiger partial charge in [0.25, 0.3) is 0 Å². The number of rotatable bonds is 10. The van der Waals surface area contributed by atoms with Crippen molar-refractivity contribution in [2.75, 3.05) is 19.8 Å². The molecule has 1 aromatic carbocycles. The van der Waals surface area contributed by atoms with Crippen molar-refractivity contribution in [3.8, 4) is 0 Å². The lowest BCUT2D eigenvalue weighted by Gasteiger charge is -2.08. The number of benzene rings is 1. The van der Waals surface area contributed by atoms with E-state index >= 15 is 0 Å². The van der Waals surface area contributed by atoms with Gasteiger partial charge in [0.05, 0.1) is 13.0 Å². The van der Waals surface area contributed by atoms with E-state index in [1.807, 2.05) is 24.3 Å². The third-order valence-corrected chi connectivity index (χ3v) is 2.97. The minimum Gasteiger partial charge on any atom is -0.481 e. The summed E-state index contributed by atoms with van der Waals surface area (Å²) in [6.07, 6.45) is 1.18. The van der Waals surface area contributed by atoms with Crippen LogP contribution in [0.2, 0.25) is 0 Å². The van der Waals surface area contributed by atoms with Gasteiger partial charge in [-0.2, -0.15) is 0 Å². The zero-order chi connectivity index (χ0) is 14.8. The lowest BCUT2D eigenvalue weighted by Crippen LogP contribution is -2.19. The highest BCUT2D eigenvalue weighted by atomic mass is 16.5. The van der Waals surface area contributed by atoms with Gasteiger partial charge in [0.1, 0.15) is 0 Å². The van der Waals surface area contributed by atoms with Crippen molar-refractivity contribution >= 4 is 5.97 Å². The molecule has 0 spiro atoms. The van der Waals surface area contributed by atoms with Gasteiger partial charge in [0.2, 0.25) is 0 Å². The highest BCUT2D eigenvalue weighted by Crippen LogP contribution is 2.05. The first-order valence-corrected chi connectivity index (χ1v) is 7.16. The van der Waals surface area contributed by atoms with E-state index in [-0.39, 0.29) is 6.42 Å². The Morgan fingerprint density at radius 3 is 2.45 bits per heavy atom. The van der Waals surface area contributed by atoms with E-state index in [1.165, 1.54) is 0 Å². The van der Waals surface area contributed by atoms with Crippen LogP contribution in [0, 0.1) is 5.92 Å². The Balaban J connectivity index is 2.11. The van der Waals surface area contributed by atoms with Crippen LogP contribution in [0.1, 0.15) is 31.4 Å². The molecule has 0 saturated heterocycles. The van der Waals surface area contributed by atoms with Gasteiger partial charge in [0, 0.05) is 19.7 Å². The minimum absolute atomic E-state index is 0.0808. The molecule has 0 aliphatic rings. The van der Waals surface area contributed by atoms with Crippen molar-refractivity contribution in [1.29, 1.82) is 0 Å². The van der Waals surface area contributed by atoms with E-state index in [0.717, 1.165) is 43.9 Å². The number of nitrogens with one attached hydrogen (secondary N) is 1. The molecule has 0 atom stereocenters. The highest BCUT2D eigenvalue weighted by Gasteiger charge is 2.00. The van der Waals surface area contributed by atoms with Crippen LogP contribution in [0.4, 0.5) is 0 Å². The number of carboxylic acids is 1. The summed E-state index contributed by atoms with van der Waals surface area (Å²) in [4.78, 5) is 10.6. The van der Waals surface area contributed by atoms with Crippen molar-refractivity contribution in [1.82, 2.24) is 5.32 Å². The Kier molecular flexibility index (Phi) is 7.92. The fraction of sp³-hybridized carbons (Fsp3) is 0.562. The number of hydrogen-bond acceptors (Lipinski definition) is 3. The van der Waals surface area contributed by atoms with Crippen LogP contribution >= 0.6 is 0 Å². The first-order chi connectivity index (χ1) is 9.58. The van der Waals surface area contributed by atoms with Gasteiger partial charge in [-0.25, -0.2) is 0 Å². The Labute approximate surface area is 121 Å². The molecule has 4 heteroatoms. The molecule has 112 valence electrons. The molecule has 0 amide bonds. The maximum atomic E-state index is 10.6. The second-order valence-corrected chi connectivity index (χ2v) is 5.36. The van der Waals surface area contributed by atoms with Crippen molar-refractivity contribution in [3.63, 3.8) is 0 Å². The predicted octanol–water partition coefficient (Wildman–Crippen LogP) is 2.47.